The van der Waals surface area contributed by atoms with Crippen LogP contribution < -0.4 is 5.73 Å². The van der Waals surface area contributed by atoms with Crippen LogP contribution in [0.25, 0.3) is 21.9 Å². The highest BCUT2D eigenvalue weighted by molar-refractivity contribution is 5.88. The number of benzene rings is 3. The molecular weight excluding hydrogens is 222 g/mol. The van der Waals surface area contributed by atoms with Crippen molar-refractivity contribution in [1.29, 1.82) is 0 Å². The molecule has 0 aliphatic rings. The van der Waals surface area contributed by atoms with E-state index in [4.69, 9.17) is 5.73 Å². The molecule has 0 radical (unpaired) electrons. The minimum absolute atomic E-state index is 0.284. The molecule has 0 atom stereocenters. The molecule has 0 aliphatic heterocycles. The number of phenolic OH excluding ortho intramolecular Hbond substituents is 1. The van der Waals surface area contributed by atoms with Crippen molar-refractivity contribution in [2.24, 2.45) is 0 Å². The van der Waals surface area contributed by atoms with Crippen LogP contribution >= 0.6 is 0 Å². The number of rotatable bonds is 1. The fourth-order valence-electron chi connectivity index (χ4n) is 2.13. The summed E-state index contributed by atoms with van der Waals surface area (Å²) in [5, 5.41) is 11.7. The molecule has 88 valence electrons. The lowest BCUT2D eigenvalue weighted by molar-refractivity contribution is 0.476. The molecule has 3 N–H and O–H groups in total. The van der Waals surface area contributed by atoms with Crippen LogP contribution in [0.1, 0.15) is 0 Å². The van der Waals surface area contributed by atoms with E-state index in [1.165, 1.54) is 0 Å². The molecule has 0 heterocycles. The molecule has 0 bridgehead atoms. The van der Waals surface area contributed by atoms with Crippen molar-refractivity contribution >= 4 is 16.5 Å². The van der Waals surface area contributed by atoms with Gasteiger partial charge in [0.2, 0.25) is 0 Å². The van der Waals surface area contributed by atoms with Gasteiger partial charge in [0.15, 0.2) is 0 Å². The molecule has 3 aromatic rings. The number of aromatic hydroxyl groups is 1. The largest absolute Gasteiger partial charge is 0.508 e. The van der Waals surface area contributed by atoms with Gasteiger partial charge in [0, 0.05) is 5.69 Å². The lowest BCUT2D eigenvalue weighted by Crippen LogP contribution is -1.85. The van der Waals surface area contributed by atoms with Crippen LogP contribution in [0.2, 0.25) is 0 Å². The van der Waals surface area contributed by atoms with E-state index in [0.717, 1.165) is 27.6 Å². The molecular formula is C16H13NO. The zero-order valence-electron chi connectivity index (χ0n) is 9.80. The van der Waals surface area contributed by atoms with Gasteiger partial charge in [-0.1, -0.05) is 30.3 Å². The smallest absolute Gasteiger partial charge is 0.116 e. The third-order valence-corrected chi connectivity index (χ3v) is 3.04. The summed E-state index contributed by atoms with van der Waals surface area (Å²) >= 11 is 0. The summed E-state index contributed by atoms with van der Waals surface area (Å²) in [7, 11) is 0. The average molecular weight is 235 g/mol. The van der Waals surface area contributed by atoms with Crippen LogP contribution in [0.3, 0.4) is 0 Å². The van der Waals surface area contributed by atoms with Gasteiger partial charge in [0.25, 0.3) is 0 Å². The highest BCUT2D eigenvalue weighted by atomic mass is 16.3. The lowest BCUT2D eigenvalue weighted by Gasteiger charge is -2.05. The van der Waals surface area contributed by atoms with Gasteiger partial charge in [0.05, 0.1) is 0 Å². The van der Waals surface area contributed by atoms with Crippen molar-refractivity contribution in [3.63, 3.8) is 0 Å². The average Bonchev–Trinajstić information content (AvgIpc) is 2.38. The molecule has 2 heteroatoms. The van der Waals surface area contributed by atoms with Crippen molar-refractivity contribution in [1.82, 2.24) is 0 Å². The van der Waals surface area contributed by atoms with Gasteiger partial charge < -0.3 is 10.8 Å². The summed E-state index contributed by atoms with van der Waals surface area (Å²) in [6.07, 6.45) is 0. The summed E-state index contributed by atoms with van der Waals surface area (Å²) in [6.45, 7) is 0. The fourth-order valence-corrected chi connectivity index (χ4v) is 2.13. The Morgan fingerprint density at radius 3 is 2.33 bits per heavy atom. The zero-order chi connectivity index (χ0) is 12.5. The summed E-state index contributed by atoms with van der Waals surface area (Å²) in [5.41, 5.74) is 8.73. The number of hydrogen-bond acceptors (Lipinski definition) is 2. The van der Waals surface area contributed by atoms with Gasteiger partial charge in [-0.2, -0.15) is 0 Å². The molecule has 0 aromatic heterocycles. The van der Waals surface area contributed by atoms with Gasteiger partial charge in [-0.15, -0.1) is 0 Å². The minimum Gasteiger partial charge on any atom is -0.508 e. The van der Waals surface area contributed by atoms with Gasteiger partial charge >= 0.3 is 0 Å². The molecule has 0 aliphatic carbocycles. The maximum Gasteiger partial charge on any atom is 0.116 e. The quantitative estimate of drug-likeness (QED) is 0.630. The summed E-state index contributed by atoms with van der Waals surface area (Å²) in [4.78, 5) is 0. The van der Waals surface area contributed by atoms with Crippen molar-refractivity contribution in [3.8, 4) is 16.9 Å². The normalized spacial score (nSPS) is 10.7. The molecule has 0 saturated heterocycles. The molecule has 0 fully saturated rings. The first kappa shape index (κ1) is 10.7. The van der Waals surface area contributed by atoms with Crippen LogP contribution in [0, 0.1) is 0 Å². The second-order valence-electron chi connectivity index (χ2n) is 4.37. The Labute approximate surface area is 105 Å². The Morgan fingerprint density at radius 1 is 0.722 bits per heavy atom. The van der Waals surface area contributed by atoms with Gasteiger partial charge in [-0.3, -0.25) is 0 Å². The van der Waals surface area contributed by atoms with E-state index >= 15 is 0 Å². The lowest BCUT2D eigenvalue weighted by atomic mass is 10.0. The van der Waals surface area contributed by atoms with E-state index in [1.807, 2.05) is 36.4 Å². The van der Waals surface area contributed by atoms with Crippen LogP contribution in [0.15, 0.2) is 60.7 Å². The molecule has 0 spiro atoms. The minimum atomic E-state index is 0.284. The predicted molar refractivity (Wildman–Crippen MR) is 75.5 cm³/mol. The highest BCUT2D eigenvalue weighted by Gasteiger charge is 2.01. The van der Waals surface area contributed by atoms with Crippen molar-refractivity contribution < 1.29 is 5.11 Å². The van der Waals surface area contributed by atoms with Crippen molar-refractivity contribution in [2.45, 2.75) is 0 Å². The number of nitrogens with two attached hydrogens (primary N) is 1. The number of hydrogen-bond donors (Lipinski definition) is 2. The monoisotopic (exact) mass is 235 g/mol. The van der Waals surface area contributed by atoms with Crippen LogP contribution in [0.5, 0.6) is 5.75 Å². The third kappa shape index (κ3) is 1.89. The standard InChI is InChI=1S/C16H13NO/c17-15-3-1-2-12(9-15)13-5-4-11-6-7-16(18)10-14(11)8-13/h1-10,18H,17H2. The summed E-state index contributed by atoms with van der Waals surface area (Å²) in [6, 6.07) is 19.3. The predicted octanol–water partition coefficient (Wildman–Crippen LogP) is 3.79. The SMILES string of the molecule is Nc1cccc(-c2ccc3ccc(O)cc3c2)c1. The topological polar surface area (TPSA) is 46.2 Å². The van der Waals surface area contributed by atoms with E-state index in [1.54, 1.807) is 12.1 Å². The molecule has 3 aromatic carbocycles. The first-order chi connectivity index (χ1) is 8.72. The van der Waals surface area contributed by atoms with Crippen LogP contribution in [0.4, 0.5) is 5.69 Å². The van der Waals surface area contributed by atoms with Crippen LogP contribution in [-0.4, -0.2) is 5.11 Å². The second kappa shape index (κ2) is 4.08. The van der Waals surface area contributed by atoms with Crippen LogP contribution in [-0.2, 0) is 0 Å². The number of phenols is 1. The van der Waals surface area contributed by atoms with Gasteiger partial charge in [-0.05, 0) is 52.2 Å². The van der Waals surface area contributed by atoms with Gasteiger partial charge in [0.1, 0.15) is 5.75 Å². The number of nitrogen functional groups attached to an aromatic ring is 1. The first-order valence-corrected chi connectivity index (χ1v) is 5.81. The second-order valence-corrected chi connectivity index (χ2v) is 4.37. The third-order valence-electron chi connectivity index (χ3n) is 3.04. The summed E-state index contributed by atoms with van der Waals surface area (Å²) in [5.74, 6) is 0.284. The molecule has 0 unspecified atom stereocenters. The van der Waals surface area contributed by atoms with E-state index in [9.17, 15) is 5.11 Å². The highest BCUT2D eigenvalue weighted by Crippen LogP contribution is 2.27. The first-order valence-electron chi connectivity index (χ1n) is 5.81. The maximum absolute atomic E-state index is 9.52. The Morgan fingerprint density at radius 2 is 1.50 bits per heavy atom. The Balaban J connectivity index is 2.18. The molecule has 2 nitrogen and oxygen atoms in total. The van der Waals surface area contributed by atoms with Crippen molar-refractivity contribution in [3.05, 3.63) is 60.7 Å². The number of fused-ring (bicyclic) bond motifs is 1. The maximum atomic E-state index is 9.52. The molecule has 3 rings (SSSR count). The van der Waals surface area contributed by atoms with E-state index < -0.39 is 0 Å². The van der Waals surface area contributed by atoms with Crippen molar-refractivity contribution in [2.75, 3.05) is 5.73 Å². The van der Waals surface area contributed by atoms with Gasteiger partial charge in [-0.25, -0.2) is 0 Å². The molecule has 18 heavy (non-hydrogen) atoms. The zero-order valence-corrected chi connectivity index (χ0v) is 9.80. The Kier molecular flexibility index (Phi) is 2.41. The fraction of sp³-hybridized carbons (Fsp3) is 0. The molecule has 0 saturated carbocycles. The Hall–Kier alpha value is -2.48. The van der Waals surface area contributed by atoms with E-state index in [0.29, 0.717) is 0 Å². The molecule has 0 amide bonds. The van der Waals surface area contributed by atoms with E-state index in [-0.39, 0.29) is 5.75 Å². The van der Waals surface area contributed by atoms with E-state index in [2.05, 4.69) is 12.1 Å². The number of anilines is 1. The summed E-state index contributed by atoms with van der Waals surface area (Å²) < 4.78 is 0. The Bertz CT molecular complexity index is 719.